The number of imidazole rings is 1. The molecular weight excluding hydrogens is 496 g/mol. The van der Waals surface area contributed by atoms with Crippen LogP contribution in [0.1, 0.15) is 22.0 Å². The number of hydrogen-bond donors (Lipinski definition) is 1. The van der Waals surface area contributed by atoms with Crippen LogP contribution in [0, 0.1) is 0 Å². The second-order valence-corrected chi connectivity index (χ2v) is 7.59. The summed E-state index contributed by atoms with van der Waals surface area (Å²) in [6, 6.07) is 8.07. The lowest BCUT2D eigenvalue weighted by Crippen LogP contribution is -2.26. The predicted octanol–water partition coefficient (Wildman–Crippen LogP) is 5.11. The number of benzene rings is 1. The standard InChI is InChI=1S/C21H13Cl2F3N6O2/c22-13-7-16(23)17(28-9-13)32-6-5-27-18(32)19(33)29-8-12-1-3-14(4-2-12)34-15-10-30-20(31-11-15)21(24,25)26/h1-7,9-11H,8H2,(H,29,33). The van der Waals surface area contributed by atoms with Crippen LogP contribution in [0.3, 0.4) is 0 Å². The van der Waals surface area contributed by atoms with Gasteiger partial charge in [-0.25, -0.2) is 19.9 Å². The molecule has 0 aliphatic heterocycles. The lowest BCUT2D eigenvalue weighted by Gasteiger charge is -2.10. The summed E-state index contributed by atoms with van der Waals surface area (Å²) >= 11 is 12.0. The molecule has 3 aromatic heterocycles. The van der Waals surface area contributed by atoms with E-state index in [0.717, 1.165) is 18.0 Å². The third kappa shape index (κ3) is 5.43. The molecule has 1 N–H and O–H groups in total. The number of pyridine rings is 1. The molecule has 4 rings (SSSR count). The molecule has 0 saturated carbocycles. The first kappa shape index (κ1) is 23.5. The molecule has 13 heteroatoms. The van der Waals surface area contributed by atoms with Crippen molar-refractivity contribution < 1.29 is 22.7 Å². The number of carbonyl (C=O) groups is 1. The zero-order valence-corrected chi connectivity index (χ0v) is 18.4. The average Bonchev–Trinajstić information content (AvgIpc) is 3.28. The number of halogens is 5. The number of aromatic nitrogens is 5. The summed E-state index contributed by atoms with van der Waals surface area (Å²) in [5, 5.41) is 3.36. The molecule has 0 radical (unpaired) electrons. The molecule has 0 atom stereocenters. The molecule has 0 fully saturated rings. The highest BCUT2D eigenvalue weighted by Gasteiger charge is 2.34. The third-order valence-electron chi connectivity index (χ3n) is 4.35. The monoisotopic (exact) mass is 508 g/mol. The molecule has 4 aromatic rings. The minimum atomic E-state index is -4.63. The van der Waals surface area contributed by atoms with Crippen LogP contribution in [-0.2, 0) is 12.7 Å². The van der Waals surface area contributed by atoms with Gasteiger partial charge in [0.15, 0.2) is 11.6 Å². The van der Waals surface area contributed by atoms with E-state index in [0.29, 0.717) is 16.6 Å². The van der Waals surface area contributed by atoms with Gasteiger partial charge in [-0.3, -0.25) is 9.36 Å². The topological polar surface area (TPSA) is 94.8 Å². The van der Waals surface area contributed by atoms with E-state index < -0.39 is 17.9 Å². The summed E-state index contributed by atoms with van der Waals surface area (Å²) in [6.45, 7) is 0.178. The third-order valence-corrected chi connectivity index (χ3v) is 4.84. The van der Waals surface area contributed by atoms with Crippen LogP contribution in [0.5, 0.6) is 11.5 Å². The van der Waals surface area contributed by atoms with Gasteiger partial charge in [-0.2, -0.15) is 13.2 Å². The van der Waals surface area contributed by atoms with E-state index in [1.165, 1.54) is 23.0 Å². The fourth-order valence-corrected chi connectivity index (χ4v) is 3.29. The van der Waals surface area contributed by atoms with E-state index in [1.807, 2.05) is 0 Å². The van der Waals surface area contributed by atoms with Crippen molar-refractivity contribution in [3.8, 4) is 17.3 Å². The second-order valence-electron chi connectivity index (χ2n) is 6.75. The van der Waals surface area contributed by atoms with Crippen molar-refractivity contribution in [3.05, 3.63) is 88.6 Å². The Morgan fingerprint density at radius 1 is 1.00 bits per heavy atom. The zero-order valence-electron chi connectivity index (χ0n) is 16.9. The Hall–Kier alpha value is -3.70. The number of carbonyl (C=O) groups excluding carboxylic acids is 1. The fraction of sp³-hybridized carbons (Fsp3) is 0.0952. The molecule has 0 spiro atoms. The number of alkyl halides is 3. The number of ether oxygens (including phenoxy) is 1. The quantitative estimate of drug-likeness (QED) is 0.389. The maximum Gasteiger partial charge on any atom is 0.451 e. The van der Waals surface area contributed by atoms with Gasteiger partial charge in [0.1, 0.15) is 5.75 Å². The van der Waals surface area contributed by atoms with Gasteiger partial charge in [0.25, 0.3) is 5.91 Å². The van der Waals surface area contributed by atoms with Crippen molar-refractivity contribution in [2.45, 2.75) is 12.7 Å². The molecule has 1 amide bonds. The first-order valence-electron chi connectivity index (χ1n) is 9.50. The van der Waals surface area contributed by atoms with Crippen LogP contribution >= 0.6 is 23.2 Å². The smallest absolute Gasteiger partial charge is 0.451 e. The Morgan fingerprint density at radius 2 is 1.71 bits per heavy atom. The van der Waals surface area contributed by atoms with E-state index >= 15 is 0 Å². The summed E-state index contributed by atoms with van der Waals surface area (Å²) < 4.78 is 44.5. The van der Waals surface area contributed by atoms with Crippen molar-refractivity contribution in [2.75, 3.05) is 0 Å². The van der Waals surface area contributed by atoms with Crippen molar-refractivity contribution in [1.82, 2.24) is 29.8 Å². The van der Waals surface area contributed by atoms with Gasteiger partial charge in [0.05, 0.1) is 22.4 Å². The lowest BCUT2D eigenvalue weighted by atomic mass is 10.2. The van der Waals surface area contributed by atoms with Crippen LogP contribution in [0.15, 0.2) is 61.3 Å². The summed E-state index contributed by atoms with van der Waals surface area (Å²) in [4.78, 5) is 27.3. The molecule has 0 saturated heterocycles. The molecule has 0 aliphatic carbocycles. The normalized spacial score (nSPS) is 11.3. The highest BCUT2D eigenvalue weighted by Crippen LogP contribution is 2.27. The van der Waals surface area contributed by atoms with Crippen molar-refractivity contribution in [2.24, 2.45) is 0 Å². The molecule has 0 aliphatic rings. The summed E-state index contributed by atoms with van der Waals surface area (Å²) in [5.74, 6) is -0.907. The van der Waals surface area contributed by atoms with Gasteiger partial charge in [-0.05, 0) is 23.8 Å². The predicted molar refractivity (Wildman–Crippen MR) is 116 cm³/mol. The summed E-state index contributed by atoms with van der Waals surface area (Å²) in [5.41, 5.74) is 0.741. The van der Waals surface area contributed by atoms with Gasteiger partial charge >= 0.3 is 6.18 Å². The molecule has 34 heavy (non-hydrogen) atoms. The number of hydrogen-bond acceptors (Lipinski definition) is 6. The Balaban J connectivity index is 1.38. The zero-order chi connectivity index (χ0) is 24.3. The molecule has 1 aromatic carbocycles. The van der Waals surface area contributed by atoms with Crippen molar-refractivity contribution in [1.29, 1.82) is 0 Å². The maximum absolute atomic E-state index is 12.6. The lowest BCUT2D eigenvalue weighted by molar-refractivity contribution is -0.145. The Kier molecular flexibility index (Phi) is 6.66. The van der Waals surface area contributed by atoms with Crippen molar-refractivity contribution in [3.63, 3.8) is 0 Å². The number of amides is 1. The molecule has 0 unspecified atom stereocenters. The van der Waals surface area contributed by atoms with Gasteiger partial charge in [0.2, 0.25) is 11.6 Å². The largest absolute Gasteiger partial charge is 0.454 e. The van der Waals surface area contributed by atoms with Gasteiger partial charge in [-0.15, -0.1) is 0 Å². The summed E-state index contributed by atoms with van der Waals surface area (Å²) in [6.07, 6.45) is 1.65. The first-order valence-corrected chi connectivity index (χ1v) is 10.3. The highest BCUT2D eigenvalue weighted by atomic mass is 35.5. The van der Waals surface area contributed by atoms with E-state index in [-0.39, 0.29) is 23.1 Å². The molecule has 174 valence electrons. The van der Waals surface area contributed by atoms with Crippen LogP contribution in [0.4, 0.5) is 13.2 Å². The van der Waals surface area contributed by atoms with Crippen LogP contribution < -0.4 is 10.1 Å². The highest BCUT2D eigenvalue weighted by molar-refractivity contribution is 6.35. The summed E-state index contributed by atoms with van der Waals surface area (Å²) in [7, 11) is 0. The fourth-order valence-electron chi connectivity index (χ4n) is 2.82. The van der Waals surface area contributed by atoms with Crippen molar-refractivity contribution >= 4 is 29.1 Å². The van der Waals surface area contributed by atoms with Gasteiger partial charge < -0.3 is 10.1 Å². The molecule has 8 nitrogen and oxygen atoms in total. The average molecular weight is 509 g/mol. The SMILES string of the molecule is O=C(NCc1ccc(Oc2cnc(C(F)(F)F)nc2)cc1)c1nccn1-c1ncc(Cl)cc1Cl. The number of rotatable bonds is 6. The van der Waals surface area contributed by atoms with Gasteiger partial charge in [0, 0.05) is 25.1 Å². The Bertz CT molecular complexity index is 1310. The maximum atomic E-state index is 12.6. The Morgan fingerprint density at radius 3 is 2.35 bits per heavy atom. The minimum Gasteiger partial charge on any atom is -0.454 e. The van der Waals surface area contributed by atoms with E-state index in [2.05, 4.69) is 25.3 Å². The molecular formula is C21H13Cl2F3N6O2. The minimum absolute atomic E-state index is 0.0513. The number of nitrogens with zero attached hydrogens (tertiary/aromatic N) is 5. The molecule has 3 heterocycles. The first-order chi connectivity index (χ1) is 16.2. The van der Waals surface area contributed by atoms with E-state index in [1.54, 1.807) is 30.5 Å². The second kappa shape index (κ2) is 9.65. The van der Waals surface area contributed by atoms with E-state index in [4.69, 9.17) is 27.9 Å². The molecule has 0 bridgehead atoms. The Labute approximate surface area is 200 Å². The van der Waals surface area contributed by atoms with Crippen LogP contribution in [0.2, 0.25) is 10.0 Å². The van der Waals surface area contributed by atoms with E-state index in [9.17, 15) is 18.0 Å². The van der Waals surface area contributed by atoms with Crippen LogP contribution in [-0.4, -0.2) is 30.4 Å². The number of nitrogens with one attached hydrogen (secondary N) is 1. The van der Waals surface area contributed by atoms with Crippen LogP contribution in [0.25, 0.3) is 5.82 Å². The van der Waals surface area contributed by atoms with Gasteiger partial charge in [-0.1, -0.05) is 35.3 Å².